The summed E-state index contributed by atoms with van der Waals surface area (Å²) in [5.41, 5.74) is 10.6. The zero-order chi connectivity index (χ0) is 37.4. The Morgan fingerprint density at radius 2 is 1.67 bits per heavy atom. The second-order valence-corrected chi connectivity index (χ2v) is 14.9. The van der Waals surface area contributed by atoms with Crippen LogP contribution in [0.4, 0.5) is 0 Å². The number of aryl methyl sites for hydroxylation is 2. The average molecular weight is 712 g/mol. The number of aromatic hydroxyl groups is 2. The molecular formula is C42H57N5O5. The summed E-state index contributed by atoms with van der Waals surface area (Å²) in [5.74, 6) is -0.188. The molecule has 10 nitrogen and oxygen atoms in total. The molecule has 1 unspecified atom stereocenters. The fourth-order valence-electron chi connectivity index (χ4n) is 8.45. The van der Waals surface area contributed by atoms with Crippen molar-refractivity contribution in [2.45, 2.75) is 137 Å². The zero-order valence-corrected chi connectivity index (χ0v) is 32.4. The molecule has 8 bridgehead atoms. The van der Waals surface area contributed by atoms with Gasteiger partial charge in [-0.05, 0) is 75.8 Å². The molecule has 0 aromatic carbocycles. The molecule has 2 aromatic rings. The number of unbranched alkanes of at least 4 members (excludes halogenated alkanes) is 2. The lowest BCUT2D eigenvalue weighted by Gasteiger charge is -2.20. The molecule has 6 rings (SSSR count). The highest BCUT2D eigenvalue weighted by molar-refractivity contribution is 5.95. The van der Waals surface area contributed by atoms with Crippen molar-refractivity contribution in [1.29, 1.82) is 0 Å². The van der Waals surface area contributed by atoms with Gasteiger partial charge < -0.3 is 29.7 Å². The lowest BCUT2D eigenvalue weighted by Crippen LogP contribution is -2.09. The van der Waals surface area contributed by atoms with Gasteiger partial charge >= 0.3 is 5.97 Å². The van der Waals surface area contributed by atoms with E-state index in [1.807, 2.05) is 6.92 Å². The number of nitrogens with zero attached hydrogens (tertiary/aromatic N) is 3. The number of aromatic amines is 2. The van der Waals surface area contributed by atoms with Crippen molar-refractivity contribution in [3.63, 3.8) is 0 Å². The summed E-state index contributed by atoms with van der Waals surface area (Å²) in [6.45, 7) is 18.3. The number of aromatic nitrogens is 5. The SMILES string of the molecule is CCCCOC(C)c1c(C)c2cc3nc(c4c5nc(cc6[nH]c(cc1[nH]2)[C@H](C)[C@H]6CC)c(C)c-5c(O)n(CCCC)c4O)[C@@H](CCC(=O)OC)[C@@H]3C. The first-order chi connectivity index (χ1) is 24.9. The number of ether oxygens (including phenoxy) is 2. The summed E-state index contributed by atoms with van der Waals surface area (Å²) in [5, 5.41) is 24.4. The Hall–Kier alpha value is -4.31. The normalized spacial score (nSPS) is 19.4. The average Bonchev–Trinajstić information content (AvgIpc) is 3.80. The third-order valence-corrected chi connectivity index (χ3v) is 11.7. The number of rotatable bonds is 12. The smallest absolute Gasteiger partial charge is 0.305 e. The fourth-order valence-corrected chi connectivity index (χ4v) is 8.45. The third-order valence-electron chi connectivity index (χ3n) is 11.7. The van der Waals surface area contributed by atoms with Crippen LogP contribution in [0, 0.1) is 13.8 Å². The van der Waals surface area contributed by atoms with Crippen molar-refractivity contribution in [2.24, 2.45) is 0 Å². The highest BCUT2D eigenvalue weighted by atomic mass is 16.5. The predicted molar refractivity (Wildman–Crippen MR) is 206 cm³/mol. The van der Waals surface area contributed by atoms with Crippen LogP contribution in [0.3, 0.4) is 0 Å². The van der Waals surface area contributed by atoms with Crippen molar-refractivity contribution in [1.82, 2.24) is 24.5 Å². The van der Waals surface area contributed by atoms with Crippen molar-refractivity contribution in [3.05, 3.63) is 57.7 Å². The van der Waals surface area contributed by atoms with Gasteiger partial charge in [0.05, 0.1) is 41.1 Å². The maximum atomic E-state index is 12.5. The van der Waals surface area contributed by atoms with E-state index in [1.165, 1.54) is 7.11 Å². The van der Waals surface area contributed by atoms with Gasteiger partial charge in [-0.3, -0.25) is 14.3 Å². The number of hydrogen-bond donors (Lipinski definition) is 4. The van der Waals surface area contributed by atoms with E-state index in [-0.39, 0.29) is 53.9 Å². The molecule has 6 heterocycles. The molecule has 0 saturated carbocycles. The van der Waals surface area contributed by atoms with Gasteiger partial charge in [-0.15, -0.1) is 0 Å². The van der Waals surface area contributed by atoms with Crippen molar-refractivity contribution < 1.29 is 24.5 Å². The molecule has 52 heavy (non-hydrogen) atoms. The highest BCUT2D eigenvalue weighted by Gasteiger charge is 2.36. The number of fused-ring (bicyclic) bond motifs is 8. The molecule has 10 heteroatoms. The predicted octanol–water partition coefficient (Wildman–Crippen LogP) is 10.1. The van der Waals surface area contributed by atoms with Crippen LogP contribution >= 0.6 is 0 Å². The third kappa shape index (κ3) is 6.59. The van der Waals surface area contributed by atoms with Crippen LogP contribution in [-0.2, 0) is 20.8 Å². The summed E-state index contributed by atoms with van der Waals surface area (Å²) in [6.07, 6.45) is 5.23. The van der Waals surface area contributed by atoms with Gasteiger partial charge in [0.1, 0.15) is 0 Å². The van der Waals surface area contributed by atoms with E-state index in [0.717, 1.165) is 82.4 Å². The Kier molecular flexibility index (Phi) is 11.1. The molecule has 4 N–H and O–H groups in total. The van der Waals surface area contributed by atoms with Gasteiger partial charge in [0.15, 0.2) is 0 Å². The summed E-state index contributed by atoms with van der Waals surface area (Å²) in [7, 11) is 1.41. The Morgan fingerprint density at radius 1 is 0.923 bits per heavy atom. The molecule has 0 amide bonds. The molecule has 0 saturated heterocycles. The second-order valence-electron chi connectivity index (χ2n) is 14.9. The number of H-pyrrole nitrogens is 2. The minimum Gasteiger partial charge on any atom is -0.494 e. The molecule has 0 fully saturated rings. The second kappa shape index (κ2) is 15.3. The Balaban J connectivity index is 1.77. The van der Waals surface area contributed by atoms with Gasteiger partial charge in [-0.2, -0.15) is 0 Å². The molecule has 0 radical (unpaired) electrons. The Morgan fingerprint density at radius 3 is 2.37 bits per heavy atom. The number of hydrogen-bond acceptors (Lipinski definition) is 7. The number of nitrogens with one attached hydrogen (secondary N) is 2. The van der Waals surface area contributed by atoms with Crippen LogP contribution in [0.25, 0.3) is 33.2 Å². The molecule has 0 spiro atoms. The maximum absolute atomic E-state index is 12.5. The quantitative estimate of drug-likeness (QED) is 0.0847. The first-order valence-electron chi connectivity index (χ1n) is 19.3. The van der Waals surface area contributed by atoms with Gasteiger partial charge in [-0.25, -0.2) is 4.98 Å². The monoisotopic (exact) mass is 711 g/mol. The maximum Gasteiger partial charge on any atom is 0.305 e. The number of methoxy groups -OCH3 is 1. The van der Waals surface area contributed by atoms with Crippen molar-refractivity contribution >= 4 is 27.9 Å². The van der Waals surface area contributed by atoms with Crippen LogP contribution in [-0.4, -0.2) is 54.4 Å². The van der Waals surface area contributed by atoms with Crippen LogP contribution in [0.2, 0.25) is 0 Å². The standard InChI is InChI=1S/C42H57N5O5/c1-10-13-17-47-41(49)37-25(7)32-20-33-27(12-3)22(4)29(43-33)21-34-36(26(8)52-18-14-11-2)24(6)31(44-34)19-30-23(5)28(15-16-35(48)51-9)39(45-30)38(42(47)50)40(37)46-32/h19-23,26-28,43-44,49-50H,10-18H2,1-9H3/t22-,23+,26?,27-,28+/m1/s1. The minimum absolute atomic E-state index is 0.00296. The Bertz CT molecular complexity index is 2070. The molecule has 0 aliphatic carbocycles. The molecule has 4 aliphatic heterocycles. The summed E-state index contributed by atoms with van der Waals surface area (Å²) >= 11 is 0. The van der Waals surface area contributed by atoms with E-state index in [1.54, 1.807) is 4.57 Å². The van der Waals surface area contributed by atoms with E-state index in [2.05, 4.69) is 76.6 Å². The fraction of sp³-hybridized carbons (Fsp3) is 0.548. The molecule has 4 aliphatic rings. The zero-order valence-electron chi connectivity index (χ0n) is 32.4. The van der Waals surface area contributed by atoms with E-state index in [9.17, 15) is 15.0 Å². The first-order valence-corrected chi connectivity index (χ1v) is 19.3. The van der Waals surface area contributed by atoms with Gasteiger partial charge in [0.2, 0.25) is 11.8 Å². The largest absolute Gasteiger partial charge is 0.494 e. The van der Waals surface area contributed by atoms with E-state index < -0.39 is 0 Å². The van der Waals surface area contributed by atoms with Gasteiger partial charge in [-0.1, -0.05) is 47.5 Å². The molecule has 280 valence electrons. The van der Waals surface area contributed by atoms with E-state index in [4.69, 9.17) is 19.4 Å². The lowest BCUT2D eigenvalue weighted by molar-refractivity contribution is -0.140. The number of esters is 1. The van der Waals surface area contributed by atoms with Gasteiger partial charge in [0.25, 0.3) is 0 Å². The Labute approximate surface area is 307 Å². The van der Waals surface area contributed by atoms with E-state index in [0.29, 0.717) is 41.9 Å². The summed E-state index contributed by atoms with van der Waals surface area (Å²) < 4.78 is 13.1. The lowest BCUT2D eigenvalue weighted by atomic mass is 9.85. The van der Waals surface area contributed by atoms with Crippen LogP contribution in [0.5, 0.6) is 11.8 Å². The number of carbonyl (C=O) groups excluding carboxylic acids is 1. The topological polar surface area (TPSA) is 138 Å². The van der Waals surface area contributed by atoms with Crippen molar-refractivity contribution in [3.8, 4) is 23.0 Å². The van der Waals surface area contributed by atoms with E-state index >= 15 is 0 Å². The van der Waals surface area contributed by atoms with Gasteiger partial charge in [0, 0.05) is 76.9 Å². The van der Waals surface area contributed by atoms with Crippen LogP contribution in [0.15, 0.2) is 18.2 Å². The summed E-state index contributed by atoms with van der Waals surface area (Å²) in [6, 6.07) is 6.48. The number of pyridine rings is 1. The summed E-state index contributed by atoms with van der Waals surface area (Å²) in [4.78, 5) is 30.5. The van der Waals surface area contributed by atoms with Crippen molar-refractivity contribution in [2.75, 3.05) is 13.7 Å². The molecule has 5 atom stereocenters. The molecule has 2 aromatic heterocycles. The minimum atomic E-state index is -0.293. The first kappa shape index (κ1) is 37.4. The van der Waals surface area contributed by atoms with Crippen LogP contribution in [0.1, 0.15) is 156 Å². The number of carbonyl (C=O) groups is 1. The van der Waals surface area contributed by atoms with Crippen LogP contribution < -0.4 is 0 Å². The molecular weight excluding hydrogens is 654 g/mol. The highest BCUT2D eigenvalue weighted by Crippen LogP contribution is 2.50.